The first-order chi connectivity index (χ1) is 11.3. The van der Waals surface area contributed by atoms with Crippen molar-refractivity contribution < 1.29 is 4.79 Å². The molecule has 0 aliphatic heterocycles. The lowest BCUT2D eigenvalue weighted by Gasteiger charge is -2.24. The molecular weight excluding hydrogens is 282 g/mol. The van der Waals surface area contributed by atoms with E-state index in [-0.39, 0.29) is 11.8 Å². The van der Waals surface area contributed by atoms with Gasteiger partial charge in [-0.15, -0.1) is 0 Å². The van der Waals surface area contributed by atoms with Gasteiger partial charge < -0.3 is 5.32 Å². The summed E-state index contributed by atoms with van der Waals surface area (Å²) >= 11 is 0. The quantitative estimate of drug-likeness (QED) is 0.844. The normalized spacial score (nSPS) is 14.6. The molecule has 0 aromatic heterocycles. The second-order valence-corrected chi connectivity index (χ2v) is 6.13. The summed E-state index contributed by atoms with van der Waals surface area (Å²) in [4.78, 5) is 12.0. The highest BCUT2D eigenvalue weighted by Crippen LogP contribution is 2.26. The van der Waals surface area contributed by atoms with E-state index >= 15 is 0 Å². The van der Waals surface area contributed by atoms with Gasteiger partial charge in [0.15, 0.2) is 0 Å². The third-order valence-electron chi connectivity index (χ3n) is 4.50. The molecule has 23 heavy (non-hydrogen) atoms. The molecule has 2 heteroatoms. The van der Waals surface area contributed by atoms with Gasteiger partial charge in [0.05, 0.1) is 0 Å². The van der Waals surface area contributed by atoms with Crippen molar-refractivity contribution in [3.63, 3.8) is 0 Å². The first-order valence-corrected chi connectivity index (χ1v) is 8.39. The maximum atomic E-state index is 12.0. The Kier molecular flexibility index (Phi) is 5.25. The van der Waals surface area contributed by atoms with Gasteiger partial charge in [-0.1, -0.05) is 73.2 Å². The largest absolute Gasteiger partial charge is 0.352 e. The smallest absolute Gasteiger partial charge is 0.223 e. The van der Waals surface area contributed by atoms with E-state index in [9.17, 15) is 4.79 Å². The summed E-state index contributed by atoms with van der Waals surface area (Å²) in [6.07, 6.45) is 8.50. The first-order valence-electron chi connectivity index (χ1n) is 8.39. The molecule has 118 valence electrons. The van der Waals surface area contributed by atoms with Crippen LogP contribution in [0.5, 0.6) is 0 Å². The zero-order valence-corrected chi connectivity index (χ0v) is 13.4. The molecule has 0 unspecified atom stereocenters. The van der Waals surface area contributed by atoms with Gasteiger partial charge in [0.2, 0.25) is 5.91 Å². The van der Waals surface area contributed by atoms with Gasteiger partial charge in [-0.2, -0.15) is 0 Å². The van der Waals surface area contributed by atoms with Crippen molar-refractivity contribution in [2.75, 3.05) is 0 Å². The predicted molar refractivity (Wildman–Crippen MR) is 94.8 cm³/mol. The topological polar surface area (TPSA) is 29.1 Å². The third-order valence-corrected chi connectivity index (χ3v) is 4.50. The minimum absolute atomic E-state index is 0.214. The van der Waals surface area contributed by atoms with Crippen molar-refractivity contribution in [2.24, 2.45) is 5.92 Å². The van der Waals surface area contributed by atoms with Crippen molar-refractivity contribution in [1.82, 2.24) is 5.32 Å². The number of amides is 1. The van der Waals surface area contributed by atoms with Gasteiger partial charge in [0.25, 0.3) is 0 Å². The summed E-state index contributed by atoms with van der Waals surface area (Å²) in [5, 5.41) is 3.09. The molecular formula is C21H23NO. The number of benzene rings is 2. The molecule has 2 aromatic carbocycles. The second kappa shape index (κ2) is 7.77. The molecule has 0 heterocycles. The Balaban J connectivity index is 1.59. The molecule has 1 aliphatic carbocycles. The average molecular weight is 305 g/mol. The lowest BCUT2D eigenvalue weighted by atomic mass is 9.85. The van der Waals surface area contributed by atoms with Crippen LogP contribution in [0.15, 0.2) is 60.7 Å². The standard InChI is InChI=1S/C21H23NO/c23-21(19-14-7-15-19)22-16-20-12-5-4-11-18(20)13-6-10-17-8-2-1-3-9-17/h1-6,8-12,19H,7,13-16H2,(H,22,23). The van der Waals surface area contributed by atoms with E-state index in [0.29, 0.717) is 6.54 Å². The van der Waals surface area contributed by atoms with Crippen LogP contribution in [0.4, 0.5) is 0 Å². The molecule has 0 radical (unpaired) electrons. The summed E-state index contributed by atoms with van der Waals surface area (Å²) in [6, 6.07) is 18.7. The lowest BCUT2D eigenvalue weighted by Crippen LogP contribution is -2.34. The molecule has 0 saturated heterocycles. The van der Waals surface area contributed by atoms with Gasteiger partial charge in [-0.05, 0) is 36.0 Å². The highest BCUT2D eigenvalue weighted by molar-refractivity contribution is 5.79. The zero-order valence-electron chi connectivity index (χ0n) is 13.4. The Morgan fingerprint density at radius 2 is 1.70 bits per heavy atom. The molecule has 0 atom stereocenters. The van der Waals surface area contributed by atoms with Crippen LogP contribution in [0.25, 0.3) is 6.08 Å². The van der Waals surface area contributed by atoms with Crippen LogP contribution in [-0.2, 0) is 17.8 Å². The summed E-state index contributed by atoms with van der Waals surface area (Å²) in [6.45, 7) is 0.630. The van der Waals surface area contributed by atoms with Crippen molar-refractivity contribution >= 4 is 12.0 Å². The van der Waals surface area contributed by atoms with Crippen LogP contribution in [0.3, 0.4) is 0 Å². The summed E-state index contributed by atoms with van der Waals surface area (Å²) in [5.41, 5.74) is 3.69. The first kappa shape index (κ1) is 15.5. The second-order valence-electron chi connectivity index (χ2n) is 6.13. The SMILES string of the molecule is O=C(NCc1ccccc1CC=Cc1ccccc1)C1CCC1. The Morgan fingerprint density at radius 3 is 2.39 bits per heavy atom. The van der Waals surface area contributed by atoms with Gasteiger partial charge in [0, 0.05) is 12.5 Å². The number of carbonyl (C=O) groups is 1. The number of allylic oxidation sites excluding steroid dienone is 1. The van der Waals surface area contributed by atoms with Crippen molar-refractivity contribution in [1.29, 1.82) is 0 Å². The van der Waals surface area contributed by atoms with Gasteiger partial charge in [0.1, 0.15) is 0 Å². The molecule has 1 N–H and O–H groups in total. The van der Waals surface area contributed by atoms with Crippen LogP contribution in [0.2, 0.25) is 0 Å². The Labute approximate surface area is 138 Å². The molecule has 1 aliphatic rings. The van der Waals surface area contributed by atoms with Gasteiger partial charge in [-0.25, -0.2) is 0 Å². The van der Waals surface area contributed by atoms with E-state index in [2.05, 4.69) is 47.8 Å². The maximum absolute atomic E-state index is 12.0. The fraction of sp³-hybridized carbons (Fsp3) is 0.286. The monoisotopic (exact) mass is 305 g/mol. The van der Waals surface area contributed by atoms with Crippen molar-refractivity contribution in [3.05, 3.63) is 77.4 Å². The molecule has 1 amide bonds. The van der Waals surface area contributed by atoms with Gasteiger partial charge >= 0.3 is 0 Å². The summed E-state index contributed by atoms with van der Waals surface area (Å²) < 4.78 is 0. The predicted octanol–water partition coefficient (Wildman–Crippen LogP) is 4.36. The van der Waals surface area contributed by atoms with E-state index in [1.807, 2.05) is 24.3 Å². The van der Waals surface area contributed by atoms with E-state index in [4.69, 9.17) is 0 Å². The molecule has 1 saturated carbocycles. The fourth-order valence-electron chi connectivity index (χ4n) is 2.81. The van der Waals surface area contributed by atoms with E-state index < -0.39 is 0 Å². The Hall–Kier alpha value is -2.35. The van der Waals surface area contributed by atoms with E-state index in [0.717, 1.165) is 19.3 Å². The van der Waals surface area contributed by atoms with Crippen LogP contribution in [-0.4, -0.2) is 5.91 Å². The van der Waals surface area contributed by atoms with Gasteiger partial charge in [-0.3, -0.25) is 4.79 Å². The molecule has 0 bridgehead atoms. The van der Waals surface area contributed by atoms with Crippen LogP contribution < -0.4 is 5.32 Å². The highest BCUT2D eigenvalue weighted by atomic mass is 16.1. The number of carbonyl (C=O) groups excluding carboxylic acids is 1. The summed E-state index contributed by atoms with van der Waals surface area (Å²) in [5.74, 6) is 0.464. The van der Waals surface area contributed by atoms with Crippen LogP contribution in [0.1, 0.15) is 36.0 Å². The number of nitrogens with one attached hydrogen (secondary N) is 1. The molecule has 3 rings (SSSR count). The van der Waals surface area contributed by atoms with Crippen molar-refractivity contribution in [2.45, 2.75) is 32.2 Å². The number of rotatable bonds is 6. The van der Waals surface area contributed by atoms with Crippen LogP contribution in [0, 0.1) is 5.92 Å². The van der Waals surface area contributed by atoms with Crippen molar-refractivity contribution in [3.8, 4) is 0 Å². The minimum atomic E-state index is 0.214. The molecule has 0 spiro atoms. The lowest BCUT2D eigenvalue weighted by molar-refractivity contribution is -0.127. The van der Waals surface area contributed by atoms with Crippen LogP contribution >= 0.6 is 0 Å². The average Bonchev–Trinajstić information content (AvgIpc) is 2.53. The third kappa shape index (κ3) is 4.32. The Morgan fingerprint density at radius 1 is 1.00 bits per heavy atom. The zero-order chi connectivity index (χ0) is 15.9. The maximum Gasteiger partial charge on any atom is 0.223 e. The molecule has 2 aromatic rings. The molecule has 2 nitrogen and oxygen atoms in total. The van der Waals surface area contributed by atoms with E-state index in [1.165, 1.54) is 23.1 Å². The number of hydrogen-bond acceptors (Lipinski definition) is 1. The molecule has 1 fully saturated rings. The van der Waals surface area contributed by atoms with E-state index in [1.54, 1.807) is 0 Å². The summed E-state index contributed by atoms with van der Waals surface area (Å²) in [7, 11) is 0. The fourth-order valence-corrected chi connectivity index (χ4v) is 2.81. The highest BCUT2D eigenvalue weighted by Gasteiger charge is 2.24. The number of hydrogen-bond donors (Lipinski definition) is 1. The Bertz CT molecular complexity index is 671. The minimum Gasteiger partial charge on any atom is -0.352 e.